The summed E-state index contributed by atoms with van der Waals surface area (Å²) >= 11 is 0. The maximum atomic E-state index is 12.9. The van der Waals surface area contributed by atoms with Gasteiger partial charge in [-0.15, -0.1) is 0 Å². The van der Waals surface area contributed by atoms with Crippen molar-refractivity contribution in [3.8, 4) is 0 Å². The number of ether oxygens (including phenoxy) is 4. The molecule has 0 unspecified atom stereocenters. The lowest BCUT2D eigenvalue weighted by molar-refractivity contribution is -0.218. The maximum absolute atomic E-state index is 12.9. The Bertz CT molecular complexity index is 717. The number of amides is 1. The summed E-state index contributed by atoms with van der Waals surface area (Å²) in [5.74, 6) is -2.90. The van der Waals surface area contributed by atoms with Gasteiger partial charge in [-0.05, 0) is 38.5 Å². The van der Waals surface area contributed by atoms with Crippen molar-refractivity contribution >= 4 is 17.6 Å². The van der Waals surface area contributed by atoms with Gasteiger partial charge in [0.15, 0.2) is 11.9 Å². The first-order valence-corrected chi connectivity index (χ1v) is 7.91. The van der Waals surface area contributed by atoms with E-state index in [9.17, 15) is 9.59 Å². The fourth-order valence-corrected chi connectivity index (χ4v) is 3.38. The van der Waals surface area contributed by atoms with Crippen LogP contribution in [0.2, 0.25) is 0 Å². The van der Waals surface area contributed by atoms with E-state index in [1.165, 1.54) is 4.90 Å². The fraction of sp³-hybridized carbons (Fsp3) is 0.529. The zero-order valence-corrected chi connectivity index (χ0v) is 13.8. The van der Waals surface area contributed by atoms with Crippen LogP contribution in [0.4, 0.5) is 10.5 Å². The van der Waals surface area contributed by atoms with Crippen molar-refractivity contribution in [1.82, 2.24) is 0 Å². The topological polar surface area (TPSA) is 74.3 Å². The monoisotopic (exact) mass is 333 g/mol. The number of anilines is 1. The summed E-state index contributed by atoms with van der Waals surface area (Å²) in [4.78, 5) is 26.6. The predicted molar refractivity (Wildman–Crippen MR) is 82.5 cm³/mol. The van der Waals surface area contributed by atoms with Crippen molar-refractivity contribution in [1.29, 1.82) is 0 Å². The summed E-state index contributed by atoms with van der Waals surface area (Å²) in [5, 5.41) is 0. The molecule has 1 aromatic rings. The van der Waals surface area contributed by atoms with Gasteiger partial charge in [-0.2, -0.15) is 0 Å². The SMILES string of the molecule is Cc1cccc(N2C[C@]3(OC[C@H]4OC(C)(C)O[C@H]4C3=O)OC2=O)c1. The Morgan fingerprint density at radius 2 is 2.00 bits per heavy atom. The molecule has 3 aliphatic rings. The van der Waals surface area contributed by atoms with E-state index < -0.39 is 35.7 Å². The quantitative estimate of drug-likeness (QED) is 0.780. The summed E-state index contributed by atoms with van der Waals surface area (Å²) < 4.78 is 22.4. The van der Waals surface area contributed by atoms with E-state index in [1.807, 2.05) is 25.1 Å². The number of hydrogen-bond donors (Lipinski definition) is 0. The summed E-state index contributed by atoms with van der Waals surface area (Å²) in [6, 6.07) is 7.43. The first kappa shape index (κ1) is 15.6. The van der Waals surface area contributed by atoms with Gasteiger partial charge in [0.2, 0.25) is 5.78 Å². The lowest BCUT2D eigenvalue weighted by atomic mass is 9.98. The second kappa shape index (κ2) is 5.02. The molecule has 1 aromatic carbocycles. The number of benzene rings is 1. The molecular formula is C17H19NO6. The van der Waals surface area contributed by atoms with Crippen molar-refractivity contribution in [2.75, 3.05) is 18.1 Å². The third-order valence-corrected chi connectivity index (χ3v) is 4.45. The highest BCUT2D eigenvalue weighted by Crippen LogP contribution is 2.40. The highest BCUT2D eigenvalue weighted by Gasteiger charge is 2.63. The highest BCUT2D eigenvalue weighted by atomic mass is 16.8. The van der Waals surface area contributed by atoms with Crippen molar-refractivity contribution < 1.29 is 28.5 Å². The smallest absolute Gasteiger partial charge is 0.407 e. The number of fused-ring (bicyclic) bond motifs is 1. The fourth-order valence-electron chi connectivity index (χ4n) is 3.38. The molecule has 0 N–H and O–H groups in total. The van der Waals surface area contributed by atoms with Gasteiger partial charge in [0.25, 0.3) is 5.79 Å². The van der Waals surface area contributed by atoms with E-state index in [2.05, 4.69) is 0 Å². The predicted octanol–water partition coefficient (Wildman–Crippen LogP) is 1.77. The van der Waals surface area contributed by atoms with Crippen LogP contribution in [0.3, 0.4) is 0 Å². The third kappa shape index (κ3) is 2.31. The molecule has 0 bridgehead atoms. The summed E-state index contributed by atoms with van der Waals surface area (Å²) in [5.41, 5.74) is 1.67. The van der Waals surface area contributed by atoms with Gasteiger partial charge in [0.1, 0.15) is 12.6 Å². The van der Waals surface area contributed by atoms with Gasteiger partial charge in [-0.1, -0.05) is 12.1 Å². The zero-order valence-electron chi connectivity index (χ0n) is 13.8. The van der Waals surface area contributed by atoms with E-state index in [0.29, 0.717) is 5.69 Å². The van der Waals surface area contributed by atoms with Crippen molar-refractivity contribution in [2.45, 2.75) is 44.6 Å². The molecule has 0 saturated carbocycles. The Kier molecular flexibility index (Phi) is 3.25. The molecule has 4 rings (SSSR count). The molecule has 24 heavy (non-hydrogen) atoms. The van der Waals surface area contributed by atoms with E-state index >= 15 is 0 Å². The average molecular weight is 333 g/mol. The Morgan fingerprint density at radius 3 is 2.75 bits per heavy atom. The molecule has 7 nitrogen and oxygen atoms in total. The molecule has 3 heterocycles. The molecular weight excluding hydrogens is 314 g/mol. The molecule has 0 aliphatic carbocycles. The standard InChI is InChI=1S/C17H19NO6/c1-10-5-4-6-11(7-10)18-9-17(24-15(18)20)14(19)13-12(8-21-17)22-16(2,3)23-13/h4-7,12-13H,8-9H2,1-3H3/t12-,13-,17+/m1/s1. The molecule has 7 heteroatoms. The molecule has 3 saturated heterocycles. The van der Waals surface area contributed by atoms with Gasteiger partial charge in [-0.25, -0.2) is 4.79 Å². The highest BCUT2D eigenvalue weighted by molar-refractivity contribution is 6.00. The van der Waals surface area contributed by atoms with Gasteiger partial charge in [0.05, 0.1) is 6.61 Å². The minimum atomic E-state index is -1.63. The zero-order chi connectivity index (χ0) is 17.1. The lowest BCUT2D eigenvalue weighted by Gasteiger charge is -2.34. The summed E-state index contributed by atoms with van der Waals surface area (Å²) in [7, 11) is 0. The van der Waals surface area contributed by atoms with Gasteiger partial charge >= 0.3 is 6.09 Å². The number of carbonyl (C=O) groups is 2. The maximum Gasteiger partial charge on any atom is 0.417 e. The van der Waals surface area contributed by atoms with Crippen LogP contribution in [-0.2, 0) is 23.7 Å². The Morgan fingerprint density at radius 1 is 1.21 bits per heavy atom. The van der Waals surface area contributed by atoms with E-state index in [4.69, 9.17) is 18.9 Å². The van der Waals surface area contributed by atoms with Crippen LogP contribution in [-0.4, -0.2) is 48.8 Å². The van der Waals surface area contributed by atoms with E-state index in [1.54, 1.807) is 19.9 Å². The van der Waals surface area contributed by atoms with Gasteiger partial charge < -0.3 is 18.9 Å². The normalized spacial score (nSPS) is 34.5. The number of rotatable bonds is 1. The lowest BCUT2D eigenvalue weighted by Crippen LogP contribution is -2.59. The number of Topliss-reactive ketones (excluding diaryl/α,β-unsaturated/α-hetero) is 1. The van der Waals surface area contributed by atoms with Crippen LogP contribution in [0.25, 0.3) is 0 Å². The van der Waals surface area contributed by atoms with Crippen LogP contribution < -0.4 is 4.90 Å². The minimum absolute atomic E-state index is 0.00112. The first-order chi connectivity index (χ1) is 11.3. The molecule has 128 valence electrons. The van der Waals surface area contributed by atoms with E-state index in [0.717, 1.165) is 5.56 Å². The van der Waals surface area contributed by atoms with E-state index in [-0.39, 0.29) is 13.2 Å². The molecule has 0 radical (unpaired) electrons. The Labute approximate surface area is 139 Å². The number of aryl methyl sites for hydroxylation is 1. The summed E-state index contributed by atoms with van der Waals surface area (Å²) in [6.07, 6.45) is -1.88. The van der Waals surface area contributed by atoms with Gasteiger partial charge in [0, 0.05) is 5.69 Å². The van der Waals surface area contributed by atoms with Crippen LogP contribution >= 0.6 is 0 Å². The first-order valence-electron chi connectivity index (χ1n) is 7.91. The molecule has 3 fully saturated rings. The summed E-state index contributed by atoms with van der Waals surface area (Å²) in [6.45, 7) is 5.55. The molecule has 1 spiro atoms. The van der Waals surface area contributed by atoms with Crippen LogP contribution in [0, 0.1) is 6.92 Å². The van der Waals surface area contributed by atoms with Crippen LogP contribution in [0.15, 0.2) is 24.3 Å². The van der Waals surface area contributed by atoms with Crippen molar-refractivity contribution in [3.05, 3.63) is 29.8 Å². The Balaban J connectivity index is 1.61. The third-order valence-electron chi connectivity index (χ3n) is 4.45. The average Bonchev–Trinajstić information content (AvgIpc) is 3.01. The van der Waals surface area contributed by atoms with Gasteiger partial charge in [-0.3, -0.25) is 9.69 Å². The number of ketones is 1. The largest absolute Gasteiger partial charge is 0.417 e. The number of hydrogen-bond acceptors (Lipinski definition) is 6. The van der Waals surface area contributed by atoms with Crippen molar-refractivity contribution in [2.24, 2.45) is 0 Å². The van der Waals surface area contributed by atoms with Crippen molar-refractivity contribution in [3.63, 3.8) is 0 Å². The number of nitrogens with zero attached hydrogens (tertiary/aromatic N) is 1. The van der Waals surface area contributed by atoms with Crippen LogP contribution in [0.1, 0.15) is 19.4 Å². The second-order valence-electron chi connectivity index (χ2n) is 6.82. The minimum Gasteiger partial charge on any atom is -0.407 e. The molecule has 1 amide bonds. The second-order valence-corrected chi connectivity index (χ2v) is 6.82. The molecule has 3 atom stereocenters. The Hall–Kier alpha value is -1.96. The van der Waals surface area contributed by atoms with Crippen LogP contribution in [0.5, 0.6) is 0 Å². The number of carbonyl (C=O) groups excluding carboxylic acids is 2. The molecule has 3 aliphatic heterocycles. The molecule has 0 aromatic heterocycles.